The highest BCUT2D eigenvalue weighted by molar-refractivity contribution is 4.92. The third-order valence-electron chi connectivity index (χ3n) is 12.6. The molecule has 6 aliphatic rings. The number of alkyl halides is 3. The van der Waals surface area contributed by atoms with Gasteiger partial charge in [-0.2, -0.15) is 0 Å². The Hall–Kier alpha value is -0.450. The molecular weight excluding hydrogens is 615 g/mol. The van der Waals surface area contributed by atoms with E-state index in [0.29, 0.717) is 45.0 Å². The number of hydrogen-bond acceptors (Lipinski definition) is 6. The summed E-state index contributed by atoms with van der Waals surface area (Å²) < 4.78 is 58.3. The lowest BCUT2D eigenvalue weighted by Gasteiger charge is -2.51. The highest BCUT2D eigenvalue weighted by Gasteiger charge is 2.46. The van der Waals surface area contributed by atoms with Gasteiger partial charge in [0.15, 0.2) is 0 Å². The Kier molecular flexibility index (Phi) is 16.3. The highest BCUT2D eigenvalue weighted by atomic mass is 19.1. The maximum absolute atomic E-state index is 13.8. The Bertz CT molecular complexity index is 875. The number of likely N-dealkylation sites (tertiary alicyclic amines) is 3. The highest BCUT2D eigenvalue weighted by Crippen LogP contribution is 2.38. The summed E-state index contributed by atoms with van der Waals surface area (Å²) in [6.45, 7) is 25.2. The van der Waals surface area contributed by atoms with Crippen molar-refractivity contribution in [2.45, 2.75) is 143 Å². The van der Waals surface area contributed by atoms with Crippen molar-refractivity contribution in [2.75, 3.05) is 72.2 Å². The van der Waals surface area contributed by atoms with Crippen LogP contribution in [0.2, 0.25) is 0 Å². The van der Waals surface area contributed by atoms with Gasteiger partial charge < -0.3 is 24.0 Å². The topological polar surface area (TPSA) is 37.4 Å². The van der Waals surface area contributed by atoms with Crippen LogP contribution >= 0.6 is 0 Å². The molecule has 9 heteroatoms. The molecule has 48 heavy (non-hydrogen) atoms. The Balaban J connectivity index is 0.000000163. The molecule has 5 unspecified atom stereocenters. The zero-order valence-corrected chi connectivity index (χ0v) is 31.7. The van der Waals surface area contributed by atoms with E-state index in [2.05, 4.69) is 42.4 Å². The summed E-state index contributed by atoms with van der Waals surface area (Å²) in [5.74, 6) is 2.38. The molecule has 0 N–H and O–H groups in total. The SMILES string of the molecule is CC1C(CN2CCC[C@H](C)C2)OCC[C@@H]1F.CC1[C@@H](F)CCOC1(C)N1CCC[C@H](C)C1.C[C@H]1CCCN(CC2OCC[C@H](F)[C@@H]2C)C1. The fourth-order valence-electron chi connectivity index (χ4n) is 8.88. The zero-order valence-electron chi connectivity index (χ0n) is 31.7. The second-order valence-corrected chi connectivity index (χ2v) is 16.8. The summed E-state index contributed by atoms with van der Waals surface area (Å²) in [5.41, 5.74) is -0.383. The summed E-state index contributed by atoms with van der Waals surface area (Å²) in [5, 5.41) is 0. The van der Waals surface area contributed by atoms with Crippen molar-refractivity contribution in [1.29, 1.82) is 0 Å². The lowest BCUT2D eigenvalue weighted by Crippen LogP contribution is -2.60. The van der Waals surface area contributed by atoms with Gasteiger partial charge in [0, 0.05) is 89.5 Å². The number of hydrogen-bond donors (Lipinski definition) is 0. The Morgan fingerprint density at radius 1 is 0.562 bits per heavy atom. The molecule has 12 atom stereocenters. The Morgan fingerprint density at radius 3 is 1.46 bits per heavy atom. The molecule has 6 rings (SSSR count). The molecule has 0 aromatic heterocycles. The van der Waals surface area contributed by atoms with Gasteiger partial charge in [0.2, 0.25) is 0 Å². The lowest BCUT2D eigenvalue weighted by atomic mass is 9.86. The van der Waals surface area contributed by atoms with Crippen LogP contribution in [0.15, 0.2) is 0 Å². The van der Waals surface area contributed by atoms with Crippen molar-refractivity contribution in [3.63, 3.8) is 0 Å². The fourth-order valence-corrected chi connectivity index (χ4v) is 8.88. The predicted molar refractivity (Wildman–Crippen MR) is 190 cm³/mol. The number of ether oxygens (including phenoxy) is 3. The average Bonchev–Trinajstić information content (AvgIpc) is 3.05. The summed E-state index contributed by atoms with van der Waals surface area (Å²) in [6, 6.07) is 0. The van der Waals surface area contributed by atoms with E-state index in [1.807, 2.05) is 20.8 Å². The van der Waals surface area contributed by atoms with E-state index in [0.717, 1.165) is 64.2 Å². The summed E-state index contributed by atoms with van der Waals surface area (Å²) in [6.07, 6.45) is 7.61. The van der Waals surface area contributed by atoms with E-state index >= 15 is 0 Å². The molecule has 0 saturated carbocycles. The number of rotatable bonds is 5. The molecule has 6 aliphatic heterocycles. The van der Waals surface area contributed by atoms with Crippen LogP contribution in [-0.4, -0.2) is 123 Å². The van der Waals surface area contributed by atoms with Crippen LogP contribution in [0, 0.1) is 35.5 Å². The maximum Gasteiger partial charge on any atom is 0.124 e. The number of nitrogens with zero attached hydrogens (tertiary/aromatic N) is 3. The van der Waals surface area contributed by atoms with E-state index in [4.69, 9.17) is 14.2 Å². The van der Waals surface area contributed by atoms with Crippen LogP contribution in [0.4, 0.5) is 13.2 Å². The minimum absolute atomic E-state index is 0.0217. The van der Waals surface area contributed by atoms with Gasteiger partial charge in [0.1, 0.15) is 24.2 Å². The normalized spacial score (nSPS) is 43.8. The zero-order chi connectivity index (χ0) is 34.8. The van der Waals surface area contributed by atoms with Crippen molar-refractivity contribution in [1.82, 2.24) is 14.7 Å². The quantitative estimate of drug-likeness (QED) is 0.294. The first-order chi connectivity index (χ1) is 22.9. The van der Waals surface area contributed by atoms with Crippen molar-refractivity contribution in [3.8, 4) is 0 Å². The predicted octanol–water partition coefficient (Wildman–Crippen LogP) is 7.79. The van der Waals surface area contributed by atoms with Crippen LogP contribution in [-0.2, 0) is 14.2 Å². The first kappa shape index (κ1) is 40.3. The molecule has 282 valence electrons. The van der Waals surface area contributed by atoms with E-state index in [9.17, 15) is 13.2 Å². The Labute approximate surface area is 292 Å². The average molecular weight is 688 g/mol. The van der Waals surface area contributed by atoms with Gasteiger partial charge in [0.25, 0.3) is 0 Å². The molecule has 6 nitrogen and oxygen atoms in total. The molecule has 0 bridgehead atoms. The van der Waals surface area contributed by atoms with E-state index < -0.39 is 18.5 Å². The van der Waals surface area contributed by atoms with Crippen LogP contribution in [0.1, 0.15) is 106 Å². The van der Waals surface area contributed by atoms with Crippen molar-refractivity contribution >= 4 is 0 Å². The van der Waals surface area contributed by atoms with Gasteiger partial charge in [-0.05, 0) is 76.3 Å². The van der Waals surface area contributed by atoms with Gasteiger partial charge in [-0.25, -0.2) is 13.2 Å². The molecular formula is C39H72F3N3O3. The van der Waals surface area contributed by atoms with Gasteiger partial charge in [-0.3, -0.25) is 4.90 Å². The largest absolute Gasteiger partial charge is 0.376 e. The molecule has 6 saturated heterocycles. The summed E-state index contributed by atoms with van der Waals surface area (Å²) in [7, 11) is 0. The molecule has 0 aromatic rings. The smallest absolute Gasteiger partial charge is 0.124 e. The van der Waals surface area contributed by atoms with Crippen LogP contribution < -0.4 is 0 Å². The second kappa shape index (κ2) is 19.4. The van der Waals surface area contributed by atoms with Gasteiger partial charge >= 0.3 is 0 Å². The monoisotopic (exact) mass is 688 g/mol. The van der Waals surface area contributed by atoms with Crippen molar-refractivity contribution < 1.29 is 27.4 Å². The summed E-state index contributed by atoms with van der Waals surface area (Å²) >= 11 is 0. The number of piperidine rings is 3. The van der Waals surface area contributed by atoms with Gasteiger partial charge in [-0.1, -0.05) is 41.5 Å². The minimum Gasteiger partial charge on any atom is -0.376 e. The maximum atomic E-state index is 13.8. The summed E-state index contributed by atoms with van der Waals surface area (Å²) in [4.78, 5) is 7.26. The van der Waals surface area contributed by atoms with Crippen LogP contribution in [0.5, 0.6) is 0 Å². The number of halogens is 3. The first-order valence-corrected chi connectivity index (χ1v) is 19.9. The first-order valence-electron chi connectivity index (χ1n) is 19.9. The standard InChI is InChI=1S/3C13H24FNO/c1-10-5-4-7-15(9-10)13(3)11(2)12(14)6-8-16-13;2*1-10-4-3-6-15(8-10)9-13-11(2)12(14)5-7-16-13/h10-12H,4-9H2,1-3H3;2*10-13H,3-9H2,1-2H3/t2*10-,11?,12-,13?;10-,11-,12-,13?/m000/s1. The Morgan fingerprint density at radius 2 is 1.00 bits per heavy atom. The molecule has 0 spiro atoms. The van der Waals surface area contributed by atoms with E-state index in [1.165, 1.54) is 38.5 Å². The van der Waals surface area contributed by atoms with Crippen LogP contribution in [0.3, 0.4) is 0 Å². The third-order valence-corrected chi connectivity index (χ3v) is 12.6. The molecule has 0 amide bonds. The van der Waals surface area contributed by atoms with Crippen molar-refractivity contribution in [2.24, 2.45) is 35.5 Å². The third kappa shape index (κ3) is 11.5. The van der Waals surface area contributed by atoms with E-state index in [-0.39, 0.29) is 35.7 Å². The van der Waals surface area contributed by atoms with E-state index in [1.54, 1.807) is 0 Å². The molecule has 0 radical (unpaired) electrons. The van der Waals surface area contributed by atoms with Gasteiger partial charge in [0.05, 0.1) is 18.8 Å². The van der Waals surface area contributed by atoms with Gasteiger partial charge in [-0.15, -0.1) is 0 Å². The fraction of sp³-hybridized carbons (Fsp3) is 1.00. The molecule has 0 aromatic carbocycles. The second-order valence-electron chi connectivity index (χ2n) is 16.8. The van der Waals surface area contributed by atoms with Crippen molar-refractivity contribution in [3.05, 3.63) is 0 Å². The minimum atomic E-state index is -0.712. The molecule has 0 aliphatic carbocycles. The lowest BCUT2D eigenvalue weighted by molar-refractivity contribution is -0.223. The van der Waals surface area contributed by atoms with Crippen LogP contribution in [0.25, 0.3) is 0 Å². The molecule has 6 heterocycles. The molecule has 6 fully saturated rings.